The third-order valence-electron chi connectivity index (χ3n) is 3.50. The first-order valence-corrected chi connectivity index (χ1v) is 9.17. The van der Waals surface area contributed by atoms with E-state index < -0.39 is 0 Å². The third-order valence-corrected chi connectivity index (χ3v) is 4.35. The molecule has 0 aliphatic rings. The highest BCUT2D eigenvalue weighted by molar-refractivity contribution is 7.09. The van der Waals surface area contributed by atoms with Crippen molar-refractivity contribution in [3.8, 4) is 0 Å². The molecular weight excluding hydrogens is 323 g/mol. The molecular formula is C18H25FN4S. The molecule has 24 heavy (non-hydrogen) atoms. The minimum absolute atomic E-state index is 0.203. The van der Waals surface area contributed by atoms with Gasteiger partial charge in [-0.3, -0.25) is 0 Å². The third kappa shape index (κ3) is 5.92. The molecule has 0 fully saturated rings. The van der Waals surface area contributed by atoms with Crippen molar-refractivity contribution >= 4 is 17.3 Å². The van der Waals surface area contributed by atoms with Crippen LogP contribution < -0.4 is 10.6 Å². The first-order valence-electron chi connectivity index (χ1n) is 8.29. The minimum atomic E-state index is -0.203. The Labute approximate surface area is 147 Å². The Hall–Kier alpha value is -1.95. The van der Waals surface area contributed by atoms with Gasteiger partial charge in [0.15, 0.2) is 5.96 Å². The fourth-order valence-electron chi connectivity index (χ4n) is 2.13. The van der Waals surface area contributed by atoms with Gasteiger partial charge in [-0.25, -0.2) is 14.4 Å². The molecule has 0 atom stereocenters. The van der Waals surface area contributed by atoms with E-state index >= 15 is 0 Å². The maximum atomic E-state index is 12.9. The zero-order valence-electron chi connectivity index (χ0n) is 14.5. The Morgan fingerprint density at radius 1 is 1.25 bits per heavy atom. The second-order valence-corrected chi connectivity index (χ2v) is 6.76. The van der Waals surface area contributed by atoms with E-state index in [0.717, 1.165) is 41.7 Å². The lowest BCUT2D eigenvalue weighted by Gasteiger charge is -2.11. The molecule has 4 nitrogen and oxygen atoms in total. The van der Waals surface area contributed by atoms with Crippen molar-refractivity contribution < 1.29 is 4.39 Å². The zero-order chi connectivity index (χ0) is 17.4. The molecule has 130 valence electrons. The van der Waals surface area contributed by atoms with Gasteiger partial charge in [-0.1, -0.05) is 26.0 Å². The van der Waals surface area contributed by atoms with Gasteiger partial charge in [0.05, 0.1) is 12.2 Å². The van der Waals surface area contributed by atoms with E-state index in [1.807, 2.05) is 19.1 Å². The molecule has 0 unspecified atom stereocenters. The molecule has 2 rings (SSSR count). The summed E-state index contributed by atoms with van der Waals surface area (Å²) in [6.07, 6.45) is 0.819. The predicted octanol–water partition coefficient (Wildman–Crippen LogP) is 3.70. The van der Waals surface area contributed by atoms with E-state index in [-0.39, 0.29) is 5.82 Å². The molecule has 2 aromatic rings. The average molecular weight is 348 g/mol. The van der Waals surface area contributed by atoms with Crippen molar-refractivity contribution in [3.05, 3.63) is 51.7 Å². The Morgan fingerprint density at radius 3 is 2.62 bits per heavy atom. The summed E-state index contributed by atoms with van der Waals surface area (Å²) in [6, 6.07) is 6.60. The van der Waals surface area contributed by atoms with Crippen molar-refractivity contribution in [2.45, 2.75) is 39.7 Å². The van der Waals surface area contributed by atoms with Crippen LogP contribution >= 0.6 is 11.3 Å². The van der Waals surface area contributed by atoms with Crippen LogP contribution in [0.15, 0.2) is 34.6 Å². The normalized spacial score (nSPS) is 11.8. The number of benzene rings is 1. The van der Waals surface area contributed by atoms with Gasteiger partial charge in [-0.05, 0) is 37.0 Å². The molecule has 1 aromatic heterocycles. The lowest BCUT2D eigenvalue weighted by atomic mass is 10.1. The number of hydrogen-bond donors (Lipinski definition) is 2. The lowest BCUT2D eigenvalue weighted by Crippen LogP contribution is -2.38. The summed E-state index contributed by atoms with van der Waals surface area (Å²) in [5.74, 6) is 1.02. The summed E-state index contributed by atoms with van der Waals surface area (Å²) in [5.41, 5.74) is 2.22. The van der Waals surface area contributed by atoms with Crippen LogP contribution in [0.3, 0.4) is 0 Å². The van der Waals surface area contributed by atoms with Crippen molar-refractivity contribution in [1.82, 2.24) is 15.6 Å². The van der Waals surface area contributed by atoms with Gasteiger partial charge < -0.3 is 10.6 Å². The molecule has 0 aliphatic heterocycles. The van der Waals surface area contributed by atoms with E-state index in [9.17, 15) is 4.39 Å². The molecule has 2 N–H and O–H groups in total. The standard InChI is InChI=1S/C18H25FN4S/c1-4-20-18(21-10-9-14-5-7-15(19)8-6-14)22-11-17-23-16(12-24-17)13(2)3/h5-8,12-13H,4,9-11H2,1-3H3,(H2,20,21,22). The lowest BCUT2D eigenvalue weighted by molar-refractivity contribution is 0.626. The van der Waals surface area contributed by atoms with Crippen molar-refractivity contribution in [3.63, 3.8) is 0 Å². The topological polar surface area (TPSA) is 49.3 Å². The first kappa shape index (κ1) is 18.4. The van der Waals surface area contributed by atoms with E-state index in [2.05, 4.69) is 39.8 Å². The minimum Gasteiger partial charge on any atom is -0.357 e. The number of guanidine groups is 1. The summed E-state index contributed by atoms with van der Waals surface area (Å²) >= 11 is 1.65. The van der Waals surface area contributed by atoms with Gasteiger partial charge in [0.25, 0.3) is 0 Å². The number of nitrogens with zero attached hydrogens (tertiary/aromatic N) is 2. The van der Waals surface area contributed by atoms with Crippen LogP contribution in [-0.2, 0) is 13.0 Å². The number of thiazole rings is 1. The number of halogens is 1. The highest BCUT2D eigenvalue weighted by Crippen LogP contribution is 2.18. The molecule has 0 saturated carbocycles. The molecule has 0 bridgehead atoms. The molecule has 0 spiro atoms. The van der Waals surface area contributed by atoms with Gasteiger partial charge in [-0.15, -0.1) is 11.3 Å². The number of hydrogen-bond acceptors (Lipinski definition) is 3. The molecule has 0 saturated heterocycles. The molecule has 6 heteroatoms. The molecule has 0 amide bonds. The summed E-state index contributed by atoms with van der Waals surface area (Å²) in [5, 5.41) is 9.66. The van der Waals surface area contributed by atoms with Gasteiger partial charge in [0.2, 0.25) is 0 Å². The Kier molecular flexibility index (Phi) is 7.18. The van der Waals surface area contributed by atoms with E-state index in [0.29, 0.717) is 12.5 Å². The fraction of sp³-hybridized carbons (Fsp3) is 0.444. The van der Waals surface area contributed by atoms with Crippen molar-refractivity contribution in [1.29, 1.82) is 0 Å². The largest absolute Gasteiger partial charge is 0.357 e. The summed E-state index contributed by atoms with van der Waals surface area (Å²) in [7, 11) is 0. The number of nitrogens with one attached hydrogen (secondary N) is 2. The predicted molar refractivity (Wildman–Crippen MR) is 99.1 cm³/mol. The maximum Gasteiger partial charge on any atom is 0.191 e. The second kappa shape index (κ2) is 9.37. The molecule has 1 heterocycles. The summed E-state index contributed by atoms with van der Waals surface area (Å²) < 4.78 is 12.9. The van der Waals surface area contributed by atoms with E-state index in [4.69, 9.17) is 0 Å². The SMILES string of the molecule is CCNC(=NCc1nc(C(C)C)cs1)NCCc1ccc(F)cc1. The zero-order valence-corrected chi connectivity index (χ0v) is 15.3. The van der Waals surface area contributed by atoms with Crippen LogP contribution in [0, 0.1) is 5.82 Å². The van der Waals surface area contributed by atoms with Crippen LogP contribution in [0.4, 0.5) is 4.39 Å². The first-order chi connectivity index (χ1) is 11.6. The Bertz CT molecular complexity index is 649. The molecule has 1 aromatic carbocycles. The van der Waals surface area contributed by atoms with Gasteiger partial charge >= 0.3 is 0 Å². The highest BCUT2D eigenvalue weighted by atomic mass is 32.1. The van der Waals surface area contributed by atoms with Crippen LogP contribution in [0.1, 0.15) is 43.0 Å². The Morgan fingerprint density at radius 2 is 2.00 bits per heavy atom. The van der Waals surface area contributed by atoms with Gasteiger partial charge in [0, 0.05) is 18.5 Å². The van der Waals surface area contributed by atoms with E-state index in [1.54, 1.807) is 11.3 Å². The molecule has 0 radical (unpaired) electrons. The summed E-state index contributed by atoms with van der Waals surface area (Å²) in [4.78, 5) is 9.18. The van der Waals surface area contributed by atoms with Crippen LogP contribution in [0.25, 0.3) is 0 Å². The smallest absolute Gasteiger partial charge is 0.191 e. The number of aromatic nitrogens is 1. The molecule has 0 aliphatic carbocycles. The fourth-order valence-corrected chi connectivity index (χ4v) is 3.01. The van der Waals surface area contributed by atoms with Crippen molar-refractivity contribution in [2.24, 2.45) is 4.99 Å². The average Bonchev–Trinajstić information content (AvgIpc) is 3.04. The van der Waals surface area contributed by atoms with Crippen LogP contribution in [0.2, 0.25) is 0 Å². The number of rotatable bonds is 7. The van der Waals surface area contributed by atoms with Crippen LogP contribution in [0.5, 0.6) is 0 Å². The van der Waals surface area contributed by atoms with Crippen LogP contribution in [-0.4, -0.2) is 24.0 Å². The Balaban J connectivity index is 1.86. The summed E-state index contributed by atoms with van der Waals surface area (Å²) in [6.45, 7) is 8.44. The van der Waals surface area contributed by atoms with Gasteiger partial charge in [-0.2, -0.15) is 0 Å². The van der Waals surface area contributed by atoms with Crippen molar-refractivity contribution in [2.75, 3.05) is 13.1 Å². The monoisotopic (exact) mass is 348 g/mol. The van der Waals surface area contributed by atoms with E-state index in [1.165, 1.54) is 12.1 Å². The maximum absolute atomic E-state index is 12.9. The quantitative estimate of drug-likeness (QED) is 0.592. The number of aliphatic imine (C=N–C) groups is 1. The van der Waals surface area contributed by atoms with Gasteiger partial charge in [0.1, 0.15) is 10.8 Å². The second-order valence-electron chi connectivity index (χ2n) is 5.82. The highest BCUT2D eigenvalue weighted by Gasteiger charge is 2.05.